The van der Waals surface area contributed by atoms with Gasteiger partial charge in [0.15, 0.2) is 17.2 Å². The summed E-state index contributed by atoms with van der Waals surface area (Å²) in [4.78, 5) is 29.1. The van der Waals surface area contributed by atoms with Crippen molar-refractivity contribution in [2.75, 3.05) is 42.7 Å². The van der Waals surface area contributed by atoms with Gasteiger partial charge in [0, 0.05) is 43.4 Å². The number of carboxylic acids is 1. The number of morpholine rings is 1. The van der Waals surface area contributed by atoms with Gasteiger partial charge in [-0.2, -0.15) is 5.10 Å². The quantitative estimate of drug-likeness (QED) is 0.262. The maximum absolute atomic E-state index is 14.1. The molecule has 1 aromatic carbocycles. The largest absolute Gasteiger partial charge is 0.480 e. The number of hydrogen-bond acceptors (Lipinski definition) is 11. The molecular weight excluding hydrogens is 640 g/mol. The smallest absolute Gasteiger partial charge is 0.326 e. The molecule has 0 saturated carbocycles. The zero-order chi connectivity index (χ0) is 33.9. The molecule has 252 valence electrons. The Hall–Kier alpha value is -5.33. The molecule has 0 aliphatic carbocycles. The number of aromatic nitrogens is 5. The molecule has 15 heteroatoms. The monoisotopic (exact) mass is 671 g/mol. The van der Waals surface area contributed by atoms with E-state index in [0.29, 0.717) is 48.6 Å². The summed E-state index contributed by atoms with van der Waals surface area (Å²) in [7, 11) is 1.82. The number of nitrogens with zero attached hydrogens (tertiary/aromatic N) is 7. The zero-order valence-corrected chi connectivity index (χ0v) is 26.5. The highest BCUT2D eigenvalue weighted by Gasteiger charge is 2.50. The second-order valence-corrected chi connectivity index (χ2v) is 12.4. The number of pyridine rings is 1. The van der Waals surface area contributed by atoms with E-state index in [1.54, 1.807) is 41.3 Å². The highest BCUT2D eigenvalue weighted by molar-refractivity contribution is 6.06. The van der Waals surface area contributed by atoms with Gasteiger partial charge in [0.1, 0.15) is 34.5 Å². The minimum Gasteiger partial charge on any atom is -0.480 e. The van der Waals surface area contributed by atoms with E-state index in [1.807, 2.05) is 19.3 Å². The molecule has 1 spiro atoms. The fraction of sp³-hybridized carbons (Fsp3) is 0.382. The van der Waals surface area contributed by atoms with Gasteiger partial charge in [0.25, 0.3) is 6.43 Å². The van der Waals surface area contributed by atoms with Crippen molar-refractivity contribution in [3.63, 3.8) is 0 Å². The number of anilines is 2. The van der Waals surface area contributed by atoms with Gasteiger partial charge in [-0.1, -0.05) is 24.0 Å². The molecule has 3 fully saturated rings. The van der Waals surface area contributed by atoms with Crippen molar-refractivity contribution in [1.82, 2.24) is 24.7 Å². The number of rotatable bonds is 6. The SMILES string of the molecule is C[C@@H]1N(c2cc(C#Cc3cnn(C)c3)cnc2O[C@H]2C[C@@H](C(=O)O)N(c3nc(C(F)F)nc4c3oc3ccccc34)C2)CCOC12COC2. The van der Waals surface area contributed by atoms with E-state index in [4.69, 9.17) is 18.6 Å². The third-order valence-electron chi connectivity index (χ3n) is 9.35. The lowest BCUT2D eigenvalue weighted by Gasteiger charge is -2.53. The number of alkyl halides is 2. The van der Waals surface area contributed by atoms with Crippen LogP contribution < -0.4 is 14.5 Å². The lowest BCUT2D eigenvalue weighted by atomic mass is 9.90. The van der Waals surface area contributed by atoms with Crippen LogP contribution in [0.3, 0.4) is 0 Å². The summed E-state index contributed by atoms with van der Waals surface area (Å²) in [5, 5.41) is 15.0. The molecule has 0 unspecified atom stereocenters. The summed E-state index contributed by atoms with van der Waals surface area (Å²) in [6, 6.07) is 7.56. The van der Waals surface area contributed by atoms with E-state index in [1.165, 1.54) is 4.90 Å². The van der Waals surface area contributed by atoms with E-state index in [0.717, 1.165) is 5.56 Å². The average molecular weight is 672 g/mol. The van der Waals surface area contributed by atoms with Crippen LogP contribution >= 0.6 is 0 Å². The first-order chi connectivity index (χ1) is 23.7. The number of ether oxygens (including phenoxy) is 3. The first-order valence-corrected chi connectivity index (χ1v) is 15.8. The summed E-state index contributed by atoms with van der Waals surface area (Å²) >= 11 is 0. The number of benzene rings is 1. The normalized spacial score (nSPS) is 21.7. The Morgan fingerprint density at radius 3 is 2.69 bits per heavy atom. The first-order valence-electron chi connectivity index (χ1n) is 15.8. The third kappa shape index (κ3) is 5.46. The van der Waals surface area contributed by atoms with Crippen LogP contribution in [0.15, 0.2) is 53.3 Å². The Balaban J connectivity index is 1.15. The number of fused-ring (bicyclic) bond motifs is 3. The van der Waals surface area contributed by atoms with Crippen LogP contribution in [-0.4, -0.2) is 92.5 Å². The average Bonchev–Trinajstić information content (AvgIpc) is 3.80. The van der Waals surface area contributed by atoms with Crippen molar-refractivity contribution < 1.29 is 37.3 Å². The van der Waals surface area contributed by atoms with Gasteiger partial charge in [0.2, 0.25) is 5.88 Å². The minimum atomic E-state index is -2.99. The van der Waals surface area contributed by atoms with Crippen LogP contribution in [0.1, 0.15) is 36.7 Å². The second kappa shape index (κ2) is 12.0. The van der Waals surface area contributed by atoms with Crippen LogP contribution in [-0.2, 0) is 21.3 Å². The van der Waals surface area contributed by atoms with E-state index in [-0.39, 0.29) is 41.8 Å². The number of carbonyl (C=O) groups is 1. The van der Waals surface area contributed by atoms with Crippen molar-refractivity contribution in [3.8, 4) is 17.7 Å². The van der Waals surface area contributed by atoms with Gasteiger partial charge in [-0.3, -0.25) is 4.68 Å². The Labute approximate surface area is 278 Å². The van der Waals surface area contributed by atoms with Gasteiger partial charge in [-0.15, -0.1) is 0 Å². The lowest BCUT2D eigenvalue weighted by molar-refractivity contribution is -0.228. The van der Waals surface area contributed by atoms with Crippen LogP contribution in [0.25, 0.3) is 22.1 Å². The Morgan fingerprint density at radius 1 is 1.14 bits per heavy atom. The number of para-hydroxylation sites is 1. The maximum Gasteiger partial charge on any atom is 0.326 e. The fourth-order valence-corrected chi connectivity index (χ4v) is 6.73. The third-order valence-corrected chi connectivity index (χ3v) is 9.35. The van der Waals surface area contributed by atoms with Crippen molar-refractivity contribution in [2.45, 2.75) is 43.6 Å². The van der Waals surface area contributed by atoms with Gasteiger partial charge in [0.05, 0.1) is 44.2 Å². The van der Waals surface area contributed by atoms with Crippen LogP contribution in [0, 0.1) is 11.8 Å². The molecule has 3 saturated heterocycles. The fourth-order valence-electron chi connectivity index (χ4n) is 6.73. The number of aryl methyl sites for hydroxylation is 1. The summed E-state index contributed by atoms with van der Waals surface area (Å²) in [6.07, 6.45) is 1.45. The molecule has 0 amide bonds. The standard InChI is InChI=1S/C34H31F2N7O6/c1-19-34(17-46-18-34)47-10-9-42(19)24-11-20(7-8-21-14-38-41(2)15-21)13-37-32(24)48-22-12-25(33(44)45)43(16-22)31-28-27(39-30(40-31)29(35)36)23-5-3-4-6-26(23)49-28/h3-6,11,13-15,19,22,25,29H,9-10,12,16-18H2,1-2H3,(H,44,45)/t19-,22-,25-/m0/s1. The number of carboxylic acid groups (broad SMARTS) is 1. The minimum absolute atomic E-state index is 0.0168. The zero-order valence-electron chi connectivity index (χ0n) is 26.5. The van der Waals surface area contributed by atoms with Crippen molar-refractivity contribution in [2.24, 2.45) is 7.05 Å². The van der Waals surface area contributed by atoms with Gasteiger partial charge in [-0.05, 0) is 25.1 Å². The molecule has 4 aromatic heterocycles. The molecule has 13 nitrogen and oxygen atoms in total. The van der Waals surface area contributed by atoms with Gasteiger partial charge < -0.3 is 33.5 Å². The molecule has 7 heterocycles. The molecule has 1 N–H and O–H groups in total. The second-order valence-electron chi connectivity index (χ2n) is 12.4. The molecule has 8 rings (SSSR count). The number of furan rings is 1. The van der Waals surface area contributed by atoms with Crippen LogP contribution in [0.4, 0.5) is 20.3 Å². The first kappa shape index (κ1) is 31.0. The molecule has 3 aliphatic heterocycles. The van der Waals surface area contributed by atoms with E-state index in [9.17, 15) is 18.7 Å². The molecule has 0 bridgehead atoms. The number of halogens is 2. The Bertz CT molecular complexity index is 2140. The van der Waals surface area contributed by atoms with E-state index in [2.05, 4.69) is 43.7 Å². The number of hydrogen-bond donors (Lipinski definition) is 1. The number of aliphatic carboxylic acids is 1. The topological polar surface area (TPSA) is 141 Å². The van der Waals surface area contributed by atoms with Crippen LogP contribution in [0.5, 0.6) is 5.88 Å². The molecular formula is C34H31F2N7O6. The van der Waals surface area contributed by atoms with E-state index < -0.39 is 36.0 Å². The predicted molar refractivity (Wildman–Crippen MR) is 172 cm³/mol. The summed E-state index contributed by atoms with van der Waals surface area (Å²) in [5.74, 6) is 4.65. The molecule has 3 aliphatic rings. The highest BCUT2D eigenvalue weighted by Crippen LogP contribution is 2.41. The molecule has 0 radical (unpaired) electrons. The summed E-state index contributed by atoms with van der Waals surface area (Å²) in [6.45, 7) is 4.01. The maximum atomic E-state index is 14.1. The van der Waals surface area contributed by atoms with Crippen molar-refractivity contribution in [3.05, 3.63) is 65.9 Å². The van der Waals surface area contributed by atoms with Crippen molar-refractivity contribution >= 4 is 39.5 Å². The van der Waals surface area contributed by atoms with Gasteiger partial charge in [-0.25, -0.2) is 28.5 Å². The summed E-state index contributed by atoms with van der Waals surface area (Å²) < 4.78 is 54.0. The van der Waals surface area contributed by atoms with Crippen molar-refractivity contribution in [1.29, 1.82) is 0 Å². The highest BCUT2D eigenvalue weighted by atomic mass is 19.3. The summed E-state index contributed by atoms with van der Waals surface area (Å²) in [5.41, 5.74) is 2.33. The van der Waals surface area contributed by atoms with E-state index >= 15 is 0 Å². The molecule has 5 aromatic rings. The van der Waals surface area contributed by atoms with Gasteiger partial charge >= 0.3 is 5.97 Å². The molecule has 49 heavy (non-hydrogen) atoms. The Kier molecular flexibility index (Phi) is 7.57. The Morgan fingerprint density at radius 2 is 1.96 bits per heavy atom. The molecule has 3 atom stereocenters. The predicted octanol–water partition coefficient (Wildman–Crippen LogP) is 3.95. The lowest BCUT2D eigenvalue weighted by Crippen LogP contribution is -2.68. The van der Waals surface area contributed by atoms with Crippen LogP contribution in [0.2, 0.25) is 0 Å².